The van der Waals surface area contributed by atoms with Gasteiger partial charge >= 0.3 is 0 Å². The molecule has 1 aromatic rings. The van der Waals surface area contributed by atoms with Gasteiger partial charge in [-0.3, -0.25) is 9.59 Å². The van der Waals surface area contributed by atoms with Crippen LogP contribution in [-0.4, -0.2) is 23.6 Å². The largest absolute Gasteiger partial charge is 0.340 e. The van der Waals surface area contributed by atoms with Gasteiger partial charge in [-0.05, 0) is 31.9 Å². The molecule has 0 aliphatic carbocycles. The summed E-state index contributed by atoms with van der Waals surface area (Å²) < 4.78 is 0. The summed E-state index contributed by atoms with van der Waals surface area (Å²) in [4.78, 5) is 24.1. The molecule has 0 aliphatic heterocycles. The minimum Gasteiger partial charge on any atom is -0.340 e. The molecule has 0 aromatic heterocycles. The summed E-state index contributed by atoms with van der Waals surface area (Å²) in [7, 11) is 0. The lowest BCUT2D eigenvalue weighted by atomic mass is 10.0. The number of amides is 2. The molecule has 5 nitrogen and oxygen atoms in total. The molecule has 0 fully saturated rings. The highest BCUT2D eigenvalue weighted by Gasteiger charge is 2.24. The fraction of sp³-hybridized carbons (Fsp3) is 0.400. The molecule has 2 amide bonds. The van der Waals surface area contributed by atoms with Crippen LogP contribution in [-0.2, 0) is 4.79 Å². The van der Waals surface area contributed by atoms with E-state index in [2.05, 4.69) is 15.8 Å². The van der Waals surface area contributed by atoms with Gasteiger partial charge in [-0.1, -0.05) is 32.0 Å². The highest BCUT2D eigenvalue weighted by Crippen LogP contribution is 2.05. The summed E-state index contributed by atoms with van der Waals surface area (Å²) in [6.07, 6.45) is 0. The summed E-state index contributed by atoms with van der Waals surface area (Å²) in [6.45, 7) is 7.32. The standard InChI is InChI=1S/C15H21N3O2/c1-10(2)13(15(20)18-17-11(3)4)16-14(19)12-8-6-5-7-9-12/h5-10,13H,1-4H3,(H,16,19)(H,18,20). The summed E-state index contributed by atoms with van der Waals surface area (Å²) in [5.41, 5.74) is 3.73. The molecule has 0 saturated carbocycles. The van der Waals surface area contributed by atoms with E-state index in [0.717, 1.165) is 5.71 Å². The van der Waals surface area contributed by atoms with Crippen LogP contribution in [0.25, 0.3) is 0 Å². The summed E-state index contributed by atoms with van der Waals surface area (Å²) >= 11 is 0. The minimum absolute atomic E-state index is 0.0324. The van der Waals surface area contributed by atoms with Gasteiger partial charge in [0.2, 0.25) is 0 Å². The van der Waals surface area contributed by atoms with Gasteiger partial charge in [-0.15, -0.1) is 0 Å². The monoisotopic (exact) mass is 275 g/mol. The number of carbonyl (C=O) groups excluding carboxylic acids is 2. The zero-order valence-corrected chi connectivity index (χ0v) is 12.3. The van der Waals surface area contributed by atoms with Crippen molar-refractivity contribution < 1.29 is 9.59 Å². The van der Waals surface area contributed by atoms with Crippen molar-refractivity contribution in [3.05, 3.63) is 35.9 Å². The summed E-state index contributed by atoms with van der Waals surface area (Å²) in [5, 5.41) is 6.61. The first-order chi connectivity index (χ1) is 9.41. The molecule has 0 radical (unpaired) electrons. The van der Waals surface area contributed by atoms with Crippen LogP contribution in [0.3, 0.4) is 0 Å². The van der Waals surface area contributed by atoms with E-state index >= 15 is 0 Å². The molecular weight excluding hydrogens is 254 g/mol. The second kappa shape index (κ2) is 7.43. The van der Waals surface area contributed by atoms with E-state index in [1.807, 2.05) is 19.9 Å². The highest BCUT2D eigenvalue weighted by atomic mass is 16.2. The first-order valence-electron chi connectivity index (χ1n) is 6.58. The fourth-order valence-electron chi connectivity index (χ4n) is 1.59. The Morgan fingerprint density at radius 1 is 1.10 bits per heavy atom. The molecule has 1 rings (SSSR count). The van der Waals surface area contributed by atoms with Crippen LogP contribution >= 0.6 is 0 Å². The molecule has 0 spiro atoms. The zero-order chi connectivity index (χ0) is 15.1. The van der Waals surface area contributed by atoms with Crippen LogP contribution < -0.4 is 10.7 Å². The normalized spacial score (nSPS) is 11.7. The molecule has 0 bridgehead atoms. The van der Waals surface area contributed by atoms with Gasteiger partial charge in [-0.2, -0.15) is 5.10 Å². The van der Waals surface area contributed by atoms with Gasteiger partial charge < -0.3 is 5.32 Å². The number of hydrazone groups is 1. The van der Waals surface area contributed by atoms with Crippen molar-refractivity contribution in [1.29, 1.82) is 0 Å². The lowest BCUT2D eigenvalue weighted by Gasteiger charge is -2.20. The number of carbonyl (C=O) groups is 2. The lowest BCUT2D eigenvalue weighted by Crippen LogP contribution is -2.48. The number of rotatable bonds is 5. The Morgan fingerprint density at radius 2 is 1.70 bits per heavy atom. The molecule has 1 unspecified atom stereocenters. The van der Waals surface area contributed by atoms with Crippen molar-refractivity contribution in [3.63, 3.8) is 0 Å². The van der Waals surface area contributed by atoms with Crippen molar-refractivity contribution in [3.8, 4) is 0 Å². The van der Waals surface area contributed by atoms with Crippen LogP contribution in [0.15, 0.2) is 35.4 Å². The van der Waals surface area contributed by atoms with Crippen molar-refractivity contribution in [1.82, 2.24) is 10.7 Å². The van der Waals surface area contributed by atoms with Crippen molar-refractivity contribution in [2.24, 2.45) is 11.0 Å². The van der Waals surface area contributed by atoms with E-state index in [-0.39, 0.29) is 17.7 Å². The third kappa shape index (κ3) is 4.84. The fourth-order valence-corrected chi connectivity index (χ4v) is 1.59. The van der Waals surface area contributed by atoms with E-state index in [1.54, 1.807) is 38.1 Å². The maximum absolute atomic E-state index is 12.1. The van der Waals surface area contributed by atoms with Crippen LogP contribution in [0.1, 0.15) is 38.1 Å². The zero-order valence-electron chi connectivity index (χ0n) is 12.3. The number of hydrogen-bond donors (Lipinski definition) is 2. The van der Waals surface area contributed by atoms with Crippen LogP contribution in [0.2, 0.25) is 0 Å². The van der Waals surface area contributed by atoms with Gasteiger partial charge in [0, 0.05) is 11.3 Å². The Kier molecular flexibility index (Phi) is 5.90. The van der Waals surface area contributed by atoms with Gasteiger partial charge in [0.15, 0.2) is 0 Å². The molecule has 5 heteroatoms. The molecule has 1 aromatic carbocycles. The van der Waals surface area contributed by atoms with Gasteiger partial charge in [0.1, 0.15) is 6.04 Å². The summed E-state index contributed by atoms with van der Waals surface area (Å²) in [6, 6.07) is 8.19. The first kappa shape index (κ1) is 15.9. The van der Waals surface area contributed by atoms with Crippen LogP contribution in [0.4, 0.5) is 0 Å². The molecule has 0 heterocycles. The molecule has 0 saturated heterocycles. The minimum atomic E-state index is -0.620. The van der Waals surface area contributed by atoms with E-state index < -0.39 is 6.04 Å². The molecule has 1 atom stereocenters. The van der Waals surface area contributed by atoms with E-state index in [9.17, 15) is 9.59 Å². The Labute approximate surface area is 119 Å². The maximum Gasteiger partial charge on any atom is 0.262 e. The number of nitrogens with one attached hydrogen (secondary N) is 2. The topological polar surface area (TPSA) is 70.6 Å². The van der Waals surface area contributed by atoms with Gasteiger partial charge in [0.25, 0.3) is 11.8 Å². The number of benzene rings is 1. The predicted molar refractivity (Wildman–Crippen MR) is 79.5 cm³/mol. The van der Waals surface area contributed by atoms with E-state index in [0.29, 0.717) is 5.56 Å². The molecular formula is C15H21N3O2. The Hall–Kier alpha value is -2.17. The molecule has 108 valence electrons. The smallest absolute Gasteiger partial charge is 0.262 e. The predicted octanol–water partition coefficient (Wildman–Crippen LogP) is 1.95. The van der Waals surface area contributed by atoms with E-state index in [4.69, 9.17) is 0 Å². The third-order valence-electron chi connectivity index (χ3n) is 2.66. The Morgan fingerprint density at radius 3 is 2.20 bits per heavy atom. The van der Waals surface area contributed by atoms with Crippen molar-refractivity contribution in [2.75, 3.05) is 0 Å². The maximum atomic E-state index is 12.1. The quantitative estimate of drug-likeness (QED) is 0.637. The lowest BCUT2D eigenvalue weighted by molar-refractivity contribution is -0.123. The molecule has 2 N–H and O–H groups in total. The first-order valence-corrected chi connectivity index (χ1v) is 6.58. The van der Waals surface area contributed by atoms with Crippen molar-refractivity contribution >= 4 is 17.5 Å². The highest BCUT2D eigenvalue weighted by molar-refractivity contribution is 5.97. The average molecular weight is 275 g/mol. The molecule has 0 aliphatic rings. The number of nitrogens with zero attached hydrogens (tertiary/aromatic N) is 1. The van der Waals surface area contributed by atoms with Crippen LogP contribution in [0, 0.1) is 5.92 Å². The third-order valence-corrected chi connectivity index (χ3v) is 2.66. The second-order valence-electron chi connectivity index (χ2n) is 5.10. The Bertz CT molecular complexity index is 491. The summed E-state index contributed by atoms with van der Waals surface area (Å²) in [5.74, 6) is -0.614. The van der Waals surface area contributed by atoms with Gasteiger partial charge in [-0.25, -0.2) is 5.43 Å². The molecule has 20 heavy (non-hydrogen) atoms. The van der Waals surface area contributed by atoms with E-state index in [1.165, 1.54) is 0 Å². The van der Waals surface area contributed by atoms with Crippen LogP contribution in [0.5, 0.6) is 0 Å². The van der Waals surface area contributed by atoms with Crippen molar-refractivity contribution in [2.45, 2.75) is 33.7 Å². The Balaban J connectivity index is 2.75. The average Bonchev–Trinajstić information content (AvgIpc) is 2.42. The SMILES string of the molecule is CC(C)=NNC(=O)C(NC(=O)c1ccccc1)C(C)C. The second-order valence-corrected chi connectivity index (χ2v) is 5.10. The number of hydrogen-bond acceptors (Lipinski definition) is 3. The van der Waals surface area contributed by atoms with Gasteiger partial charge in [0.05, 0.1) is 0 Å².